The highest BCUT2D eigenvalue weighted by Gasteiger charge is 2.11. The minimum atomic E-state index is -0.171. The Morgan fingerprint density at radius 2 is 2.00 bits per heavy atom. The minimum absolute atomic E-state index is 0.0394. The molecule has 3 N–H and O–H groups in total. The fraction of sp³-hybridized carbons (Fsp3) is 0.500. The summed E-state index contributed by atoms with van der Waals surface area (Å²) in [5.74, 6) is -0.210. The van der Waals surface area contributed by atoms with Crippen molar-refractivity contribution >= 4 is 17.5 Å². The number of hydrogen-bond acceptors (Lipinski definition) is 3. The van der Waals surface area contributed by atoms with E-state index in [1.807, 2.05) is 32.9 Å². The first-order valence-electron chi connectivity index (χ1n) is 7.33. The summed E-state index contributed by atoms with van der Waals surface area (Å²) in [6, 6.07) is 5.77. The molecule has 1 aromatic carbocycles. The highest BCUT2D eigenvalue weighted by atomic mass is 16.2. The van der Waals surface area contributed by atoms with Crippen molar-refractivity contribution in [3.8, 4) is 0 Å². The molecular weight excluding hydrogens is 266 g/mol. The van der Waals surface area contributed by atoms with E-state index >= 15 is 0 Å². The van der Waals surface area contributed by atoms with Crippen LogP contribution in [0.2, 0.25) is 0 Å². The predicted molar refractivity (Wildman–Crippen MR) is 85.6 cm³/mol. The molecule has 0 spiro atoms. The van der Waals surface area contributed by atoms with Gasteiger partial charge in [-0.2, -0.15) is 0 Å². The van der Waals surface area contributed by atoms with Crippen molar-refractivity contribution in [1.82, 2.24) is 10.6 Å². The molecule has 1 aromatic rings. The van der Waals surface area contributed by atoms with Gasteiger partial charge in [-0.25, -0.2) is 0 Å². The molecule has 5 heteroatoms. The number of benzene rings is 1. The average molecular weight is 291 g/mol. The molecule has 0 aliphatic rings. The van der Waals surface area contributed by atoms with E-state index in [1.54, 1.807) is 13.1 Å². The van der Waals surface area contributed by atoms with Crippen LogP contribution in [-0.2, 0) is 4.79 Å². The molecular formula is C16H25N3O2. The van der Waals surface area contributed by atoms with Crippen molar-refractivity contribution < 1.29 is 9.59 Å². The van der Waals surface area contributed by atoms with E-state index in [4.69, 9.17) is 0 Å². The quantitative estimate of drug-likeness (QED) is 0.720. The van der Waals surface area contributed by atoms with Gasteiger partial charge in [-0.15, -0.1) is 0 Å². The number of nitrogens with one attached hydrogen (secondary N) is 3. The van der Waals surface area contributed by atoms with Crippen LogP contribution in [0.15, 0.2) is 18.2 Å². The summed E-state index contributed by atoms with van der Waals surface area (Å²) in [6.07, 6.45) is 1.18. The van der Waals surface area contributed by atoms with E-state index in [0.717, 1.165) is 17.7 Å². The number of amides is 2. The third-order valence-corrected chi connectivity index (χ3v) is 3.35. The average Bonchev–Trinajstić information content (AvgIpc) is 2.46. The van der Waals surface area contributed by atoms with E-state index in [2.05, 4.69) is 16.0 Å². The lowest BCUT2D eigenvalue weighted by Crippen LogP contribution is -2.35. The molecule has 1 rings (SSSR count). The Morgan fingerprint density at radius 3 is 2.62 bits per heavy atom. The van der Waals surface area contributed by atoms with E-state index in [-0.39, 0.29) is 24.3 Å². The molecule has 2 amide bonds. The van der Waals surface area contributed by atoms with Crippen LogP contribution in [0, 0.1) is 6.92 Å². The number of carbonyl (C=O) groups excluding carboxylic acids is 2. The fourth-order valence-electron chi connectivity index (χ4n) is 1.90. The lowest BCUT2D eigenvalue weighted by atomic mass is 10.1. The van der Waals surface area contributed by atoms with Gasteiger partial charge in [0, 0.05) is 31.7 Å². The maximum atomic E-state index is 12.1. The molecule has 0 aliphatic heterocycles. The molecule has 0 radical (unpaired) electrons. The van der Waals surface area contributed by atoms with Crippen LogP contribution in [0.5, 0.6) is 0 Å². The maximum Gasteiger partial charge on any atom is 0.253 e. The van der Waals surface area contributed by atoms with Crippen LogP contribution in [0.1, 0.15) is 42.6 Å². The first-order chi connectivity index (χ1) is 9.97. The van der Waals surface area contributed by atoms with Gasteiger partial charge in [0.15, 0.2) is 0 Å². The molecule has 1 unspecified atom stereocenters. The second-order valence-corrected chi connectivity index (χ2v) is 5.18. The molecule has 0 aliphatic carbocycles. The molecule has 116 valence electrons. The van der Waals surface area contributed by atoms with Crippen LogP contribution in [0.25, 0.3) is 0 Å². The van der Waals surface area contributed by atoms with Crippen molar-refractivity contribution in [2.75, 3.05) is 18.9 Å². The smallest absolute Gasteiger partial charge is 0.253 e. The Balaban J connectivity index is 2.49. The number of rotatable bonds is 7. The Bertz CT molecular complexity index is 500. The summed E-state index contributed by atoms with van der Waals surface area (Å²) in [5.41, 5.74) is 2.46. The predicted octanol–water partition coefficient (Wildman–Crippen LogP) is 2.07. The molecule has 0 saturated carbocycles. The molecule has 0 aromatic heterocycles. The van der Waals surface area contributed by atoms with Crippen molar-refractivity contribution in [3.05, 3.63) is 29.3 Å². The van der Waals surface area contributed by atoms with Gasteiger partial charge in [-0.1, -0.05) is 13.0 Å². The van der Waals surface area contributed by atoms with E-state index < -0.39 is 0 Å². The van der Waals surface area contributed by atoms with Gasteiger partial charge in [0.1, 0.15) is 0 Å². The number of hydrogen-bond donors (Lipinski definition) is 3. The first-order valence-corrected chi connectivity index (χ1v) is 7.33. The largest absolute Gasteiger partial charge is 0.387 e. The molecule has 21 heavy (non-hydrogen) atoms. The lowest BCUT2D eigenvalue weighted by Gasteiger charge is -2.12. The van der Waals surface area contributed by atoms with Gasteiger partial charge < -0.3 is 16.0 Å². The molecule has 0 bridgehead atoms. The standard InChI is InChI=1S/C16H25N3O2/c1-5-12(3)19-15(20)8-9-18-16(21)13-7-6-11(2)10-14(13)17-4/h6-7,10,12,17H,5,8-9H2,1-4H3,(H,18,21)(H,19,20). The number of aryl methyl sites for hydroxylation is 1. The highest BCUT2D eigenvalue weighted by Crippen LogP contribution is 2.16. The zero-order chi connectivity index (χ0) is 15.8. The number of anilines is 1. The molecule has 0 heterocycles. The SMILES string of the molecule is CCC(C)NC(=O)CCNC(=O)c1ccc(C)cc1NC. The Labute approximate surface area is 126 Å². The van der Waals surface area contributed by atoms with Gasteiger partial charge in [0.05, 0.1) is 5.56 Å². The van der Waals surface area contributed by atoms with Crippen molar-refractivity contribution in [2.24, 2.45) is 0 Å². The van der Waals surface area contributed by atoms with Gasteiger partial charge in [0.25, 0.3) is 5.91 Å². The second-order valence-electron chi connectivity index (χ2n) is 5.18. The molecule has 1 atom stereocenters. The van der Waals surface area contributed by atoms with Crippen LogP contribution in [0.4, 0.5) is 5.69 Å². The van der Waals surface area contributed by atoms with Crippen molar-refractivity contribution in [3.63, 3.8) is 0 Å². The van der Waals surface area contributed by atoms with E-state index in [0.29, 0.717) is 12.1 Å². The summed E-state index contributed by atoms with van der Waals surface area (Å²) >= 11 is 0. The van der Waals surface area contributed by atoms with Crippen molar-refractivity contribution in [2.45, 2.75) is 39.7 Å². The number of carbonyl (C=O) groups is 2. The zero-order valence-electron chi connectivity index (χ0n) is 13.2. The maximum absolute atomic E-state index is 12.1. The summed E-state index contributed by atoms with van der Waals surface area (Å²) in [5, 5.41) is 8.66. The lowest BCUT2D eigenvalue weighted by molar-refractivity contribution is -0.121. The zero-order valence-corrected chi connectivity index (χ0v) is 13.2. The fourth-order valence-corrected chi connectivity index (χ4v) is 1.90. The summed E-state index contributed by atoms with van der Waals surface area (Å²) < 4.78 is 0. The van der Waals surface area contributed by atoms with E-state index in [1.165, 1.54) is 0 Å². The molecule has 5 nitrogen and oxygen atoms in total. The first kappa shape index (κ1) is 17.0. The van der Waals surface area contributed by atoms with E-state index in [9.17, 15) is 9.59 Å². The van der Waals surface area contributed by atoms with Gasteiger partial charge in [-0.05, 0) is 38.0 Å². The van der Waals surface area contributed by atoms with Crippen LogP contribution in [0.3, 0.4) is 0 Å². The summed E-state index contributed by atoms with van der Waals surface area (Å²) in [7, 11) is 1.78. The minimum Gasteiger partial charge on any atom is -0.387 e. The third-order valence-electron chi connectivity index (χ3n) is 3.35. The van der Waals surface area contributed by atoms with Gasteiger partial charge in [0.2, 0.25) is 5.91 Å². The van der Waals surface area contributed by atoms with Gasteiger partial charge >= 0.3 is 0 Å². The van der Waals surface area contributed by atoms with Crippen LogP contribution >= 0.6 is 0 Å². The highest BCUT2D eigenvalue weighted by molar-refractivity contribution is 5.99. The summed E-state index contributed by atoms with van der Waals surface area (Å²) in [4.78, 5) is 23.7. The normalized spacial score (nSPS) is 11.6. The molecule has 0 fully saturated rings. The summed E-state index contributed by atoms with van der Waals surface area (Å²) in [6.45, 7) is 6.28. The van der Waals surface area contributed by atoms with Crippen molar-refractivity contribution in [1.29, 1.82) is 0 Å². The Kier molecular flexibility index (Phi) is 6.72. The molecule has 0 saturated heterocycles. The third kappa shape index (κ3) is 5.45. The van der Waals surface area contributed by atoms with Crippen LogP contribution < -0.4 is 16.0 Å². The second kappa shape index (κ2) is 8.29. The van der Waals surface area contributed by atoms with Crippen LogP contribution in [-0.4, -0.2) is 31.4 Å². The Hall–Kier alpha value is -2.04. The Morgan fingerprint density at radius 1 is 1.29 bits per heavy atom. The van der Waals surface area contributed by atoms with Gasteiger partial charge in [-0.3, -0.25) is 9.59 Å². The monoisotopic (exact) mass is 291 g/mol. The topological polar surface area (TPSA) is 70.2 Å².